The van der Waals surface area contributed by atoms with E-state index in [-0.39, 0.29) is 29.0 Å². The van der Waals surface area contributed by atoms with Gasteiger partial charge in [0.2, 0.25) is 11.8 Å². The van der Waals surface area contributed by atoms with Gasteiger partial charge in [0.25, 0.3) is 0 Å². The number of nitrogens with zero attached hydrogens (tertiary/aromatic N) is 2. The lowest BCUT2D eigenvalue weighted by Gasteiger charge is -2.25. The number of carbonyl (C=O) groups excluding carboxylic acids is 2. The van der Waals surface area contributed by atoms with Crippen LogP contribution in [0.1, 0.15) is 66.0 Å². The lowest BCUT2D eigenvalue weighted by Crippen LogP contribution is -2.42. The van der Waals surface area contributed by atoms with Crippen LogP contribution < -0.4 is 5.32 Å². The number of fused-ring (bicyclic) bond motifs is 1. The summed E-state index contributed by atoms with van der Waals surface area (Å²) in [7, 11) is 1.94. The van der Waals surface area contributed by atoms with E-state index in [0.717, 1.165) is 22.0 Å². The molecule has 0 aliphatic heterocycles. The largest absolute Gasteiger partial charge is 0.476 e. The molecule has 8 heteroatoms. The summed E-state index contributed by atoms with van der Waals surface area (Å²) in [6, 6.07) is 16.5. The molecule has 0 radical (unpaired) electrons. The first kappa shape index (κ1) is 26.9. The van der Waals surface area contributed by atoms with Crippen LogP contribution in [0.15, 0.2) is 65.2 Å². The summed E-state index contributed by atoms with van der Waals surface area (Å²) >= 11 is 0. The minimum absolute atomic E-state index is 0.0900. The second-order valence-electron chi connectivity index (χ2n) is 10.1. The molecule has 0 aliphatic rings. The van der Waals surface area contributed by atoms with Crippen LogP contribution in [-0.4, -0.2) is 32.3 Å². The number of oxazole rings is 1. The van der Waals surface area contributed by atoms with E-state index in [1.807, 2.05) is 93.2 Å². The number of nitrogens with one attached hydrogen (secondary N) is 1. The average Bonchev–Trinajstić information content (AvgIpc) is 3.43. The second-order valence-corrected chi connectivity index (χ2v) is 10.1. The van der Waals surface area contributed by atoms with E-state index in [1.54, 1.807) is 0 Å². The number of amides is 1. The van der Waals surface area contributed by atoms with Gasteiger partial charge in [0, 0.05) is 36.5 Å². The number of carbonyl (C=O) groups is 3. The van der Waals surface area contributed by atoms with Gasteiger partial charge < -0.3 is 19.4 Å². The van der Waals surface area contributed by atoms with Gasteiger partial charge in [-0.15, -0.1) is 0 Å². The fraction of sp³-hybridized carbons (Fsp3) is 0.333. The van der Waals surface area contributed by atoms with Crippen LogP contribution in [0.5, 0.6) is 0 Å². The number of carboxylic acids is 1. The van der Waals surface area contributed by atoms with Crippen LogP contribution in [-0.2, 0) is 23.1 Å². The zero-order valence-electron chi connectivity index (χ0n) is 22.3. The van der Waals surface area contributed by atoms with Gasteiger partial charge in [0.05, 0.1) is 5.92 Å². The molecule has 0 saturated carbocycles. The lowest BCUT2D eigenvalue weighted by atomic mass is 9.82. The molecule has 0 bridgehead atoms. The molecular formula is C30H33N3O5. The summed E-state index contributed by atoms with van der Waals surface area (Å²) in [5.41, 5.74) is 2.60. The van der Waals surface area contributed by atoms with E-state index in [4.69, 9.17) is 4.42 Å². The maximum Gasteiger partial charge on any atom is 0.358 e. The van der Waals surface area contributed by atoms with E-state index in [9.17, 15) is 19.5 Å². The summed E-state index contributed by atoms with van der Waals surface area (Å²) < 4.78 is 7.74. The summed E-state index contributed by atoms with van der Waals surface area (Å²) in [5.74, 6) is -3.21. The normalized spacial score (nSPS) is 13.8. The van der Waals surface area contributed by atoms with Crippen LogP contribution in [0.3, 0.4) is 0 Å². The highest BCUT2D eigenvalue weighted by atomic mass is 16.4. The number of ketones is 1. The molecule has 0 saturated heterocycles. The summed E-state index contributed by atoms with van der Waals surface area (Å²) in [6.07, 6.45) is 2.28. The lowest BCUT2D eigenvalue weighted by molar-refractivity contribution is -0.137. The van der Waals surface area contributed by atoms with Crippen LogP contribution in [0.4, 0.5) is 0 Å². The number of hydrogen-bond donors (Lipinski definition) is 2. The molecule has 4 aromatic rings. The Morgan fingerprint density at radius 1 is 1.03 bits per heavy atom. The van der Waals surface area contributed by atoms with Crippen molar-refractivity contribution in [2.45, 2.75) is 46.1 Å². The van der Waals surface area contributed by atoms with Gasteiger partial charge >= 0.3 is 5.97 Å². The number of benzene rings is 2. The van der Waals surface area contributed by atoms with Crippen molar-refractivity contribution in [3.63, 3.8) is 0 Å². The van der Waals surface area contributed by atoms with Gasteiger partial charge in [-0.05, 0) is 30.0 Å². The maximum absolute atomic E-state index is 13.7. The SMILES string of the molecule is Cc1oc([C@@H](Cc2cn(C)c3ccccc23)NC(=O)[C@H](C(=O)[C@@H](C)c2ccccc2)C(C)C)nc1C(=O)O. The summed E-state index contributed by atoms with van der Waals surface area (Å²) in [4.78, 5) is 43.1. The molecule has 3 atom stereocenters. The molecule has 0 fully saturated rings. The van der Waals surface area contributed by atoms with Crippen molar-refractivity contribution in [1.29, 1.82) is 0 Å². The zero-order valence-corrected chi connectivity index (χ0v) is 22.3. The summed E-state index contributed by atoms with van der Waals surface area (Å²) in [6.45, 7) is 7.03. The van der Waals surface area contributed by atoms with Crippen molar-refractivity contribution < 1.29 is 23.9 Å². The van der Waals surface area contributed by atoms with E-state index < -0.39 is 29.8 Å². The van der Waals surface area contributed by atoms with Crippen LogP contribution in [0.2, 0.25) is 0 Å². The third kappa shape index (κ3) is 5.39. The molecule has 2 aromatic carbocycles. The van der Waals surface area contributed by atoms with Crippen molar-refractivity contribution in [3.05, 3.63) is 89.3 Å². The van der Waals surface area contributed by atoms with E-state index >= 15 is 0 Å². The van der Waals surface area contributed by atoms with Crippen molar-refractivity contribution in [2.75, 3.05) is 0 Å². The Bertz CT molecular complexity index is 1470. The topological polar surface area (TPSA) is 114 Å². The molecule has 2 N–H and O–H groups in total. The smallest absolute Gasteiger partial charge is 0.358 e. The van der Waals surface area contributed by atoms with Gasteiger partial charge in [-0.2, -0.15) is 0 Å². The monoisotopic (exact) mass is 515 g/mol. The highest BCUT2D eigenvalue weighted by Gasteiger charge is 2.36. The number of aryl methyl sites for hydroxylation is 2. The second kappa shape index (κ2) is 11.0. The quantitative estimate of drug-likeness (QED) is 0.280. The van der Waals surface area contributed by atoms with Gasteiger partial charge in [0.1, 0.15) is 11.8 Å². The Morgan fingerprint density at radius 3 is 2.32 bits per heavy atom. The van der Waals surface area contributed by atoms with E-state index in [2.05, 4.69) is 10.3 Å². The number of carboxylic acid groups (broad SMARTS) is 1. The fourth-order valence-corrected chi connectivity index (χ4v) is 4.97. The Kier molecular flexibility index (Phi) is 7.80. The van der Waals surface area contributed by atoms with Gasteiger partial charge in [-0.1, -0.05) is 69.3 Å². The Morgan fingerprint density at radius 2 is 1.68 bits per heavy atom. The minimum atomic E-state index is -1.21. The van der Waals surface area contributed by atoms with Gasteiger partial charge in [-0.25, -0.2) is 9.78 Å². The Labute approximate surface area is 221 Å². The number of rotatable bonds is 10. The Hall–Kier alpha value is -4.20. The molecule has 198 valence electrons. The molecule has 0 spiro atoms. The van der Waals surface area contributed by atoms with Crippen LogP contribution >= 0.6 is 0 Å². The predicted octanol–water partition coefficient (Wildman–Crippen LogP) is 5.22. The maximum atomic E-state index is 13.7. The molecule has 4 rings (SSSR count). The Balaban J connectivity index is 1.68. The molecule has 2 aromatic heterocycles. The number of hydrogen-bond acceptors (Lipinski definition) is 5. The van der Waals surface area contributed by atoms with Crippen molar-refractivity contribution in [1.82, 2.24) is 14.9 Å². The molecule has 38 heavy (non-hydrogen) atoms. The molecule has 1 amide bonds. The molecule has 8 nitrogen and oxygen atoms in total. The van der Waals surface area contributed by atoms with Gasteiger partial charge in [0.15, 0.2) is 11.5 Å². The third-order valence-electron chi connectivity index (χ3n) is 7.02. The number of para-hydroxylation sites is 1. The highest BCUT2D eigenvalue weighted by Crippen LogP contribution is 2.29. The van der Waals surface area contributed by atoms with Crippen LogP contribution in [0.25, 0.3) is 10.9 Å². The molecule has 2 heterocycles. The standard InChI is InChI=1S/C30H33N3O5/c1-17(2)25(27(34)18(3)20-11-7-6-8-12-20)28(35)31-23(29-32-26(30(36)37)19(4)38-29)15-21-16-33(5)24-14-10-9-13-22(21)24/h6-14,16-18,23,25H,15H2,1-5H3,(H,31,35)(H,36,37)/t18-,23+,25-/m0/s1. The number of aromatic carboxylic acids is 1. The predicted molar refractivity (Wildman–Crippen MR) is 144 cm³/mol. The number of Topliss-reactive ketones (excluding diaryl/α,β-unsaturated/α-hetero) is 1. The number of aromatic nitrogens is 2. The van der Waals surface area contributed by atoms with Crippen molar-refractivity contribution >= 4 is 28.6 Å². The first-order valence-electron chi connectivity index (χ1n) is 12.7. The minimum Gasteiger partial charge on any atom is -0.476 e. The summed E-state index contributed by atoms with van der Waals surface area (Å²) in [5, 5.41) is 13.5. The van der Waals surface area contributed by atoms with Crippen molar-refractivity contribution in [2.24, 2.45) is 18.9 Å². The average molecular weight is 516 g/mol. The van der Waals surface area contributed by atoms with Crippen LogP contribution in [0, 0.1) is 18.8 Å². The first-order valence-corrected chi connectivity index (χ1v) is 12.7. The van der Waals surface area contributed by atoms with Gasteiger partial charge in [-0.3, -0.25) is 9.59 Å². The van der Waals surface area contributed by atoms with E-state index in [0.29, 0.717) is 6.42 Å². The molecular weight excluding hydrogens is 482 g/mol. The molecule has 0 aliphatic carbocycles. The van der Waals surface area contributed by atoms with Crippen molar-refractivity contribution in [3.8, 4) is 0 Å². The zero-order chi connectivity index (χ0) is 27.6. The molecule has 0 unspecified atom stereocenters. The van der Waals surface area contributed by atoms with E-state index in [1.165, 1.54) is 6.92 Å². The fourth-order valence-electron chi connectivity index (χ4n) is 4.97. The third-order valence-corrected chi connectivity index (χ3v) is 7.02. The first-order chi connectivity index (χ1) is 18.1. The highest BCUT2D eigenvalue weighted by molar-refractivity contribution is 6.04.